The van der Waals surface area contributed by atoms with Gasteiger partial charge in [0.25, 0.3) is 5.91 Å². The number of benzene rings is 2. The monoisotopic (exact) mass is 393 g/mol. The SMILES string of the molecule is COc1ccc(-c2cc(C(=O)NCCC(C)C)n(-c3ccc(OC)cc3)n2)cc1. The fraction of sp³-hybridized carbons (Fsp3) is 0.304. The highest BCUT2D eigenvalue weighted by Crippen LogP contribution is 2.25. The van der Waals surface area contributed by atoms with E-state index in [1.165, 1.54) is 0 Å². The van der Waals surface area contributed by atoms with Crippen LogP contribution in [0.2, 0.25) is 0 Å². The number of nitrogens with one attached hydrogen (secondary N) is 1. The summed E-state index contributed by atoms with van der Waals surface area (Å²) in [5.74, 6) is 1.90. The van der Waals surface area contributed by atoms with E-state index in [9.17, 15) is 4.79 Å². The van der Waals surface area contributed by atoms with Gasteiger partial charge in [-0.2, -0.15) is 5.10 Å². The number of aromatic nitrogens is 2. The van der Waals surface area contributed by atoms with Crippen molar-refractivity contribution < 1.29 is 14.3 Å². The third-order valence-corrected chi connectivity index (χ3v) is 4.65. The number of hydrogen-bond donors (Lipinski definition) is 1. The van der Waals surface area contributed by atoms with Crippen molar-refractivity contribution in [3.8, 4) is 28.4 Å². The highest BCUT2D eigenvalue weighted by atomic mass is 16.5. The van der Waals surface area contributed by atoms with E-state index in [0.717, 1.165) is 34.9 Å². The Kier molecular flexibility index (Phi) is 6.54. The second-order valence-electron chi connectivity index (χ2n) is 7.19. The van der Waals surface area contributed by atoms with Gasteiger partial charge in [-0.25, -0.2) is 4.68 Å². The molecule has 1 aromatic heterocycles. The molecule has 0 aliphatic heterocycles. The number of hydrogen-bond acceptors (Lipinski definition) is 4. The summed E-state index contributed by atoms with van der Waals surface area (Å²) in [5, 5.41) is 7.70. The fourth-order valence-electron chi connectivity index (χ4n) is 2.93. The molecule has 0 fully saturated rings. The first kappa shape index (κ1) is 20.5. The van der Waals surface area contributed by atoms with Gasteiger partial charge in [0.15, 0.2) is 0 Å². The van der Waals surface area contributed by atoms with Crippen molar-refractivity contribution in [1.82, 2.24) is 15.1 Å². The Hall–Kier alpha value is -3.28. The second kappa shape index (κ2) is 9.28. The van der Waals surface area contributed by atoms with Crippen molar-refractivity contribution in [2.75, 3.05) is 20.8 Å². The van der Waals surface area contributed by atoms with E-state index in [4.69, 9.17) is 14.6 Å². The van der Waals surface area contributed by atoms with Crippen LogP contribution in [0.4, 0.5) is 0 Å². The standard InChI is InChI=1S/C23H27N3O3/c1-16(2)13-14-24-23(27)22-15-21(17-5-9-19(28-3)10-6-17)25-26(22)18-7-11-20(29-4)12-8-18/h5-12,15-16H,13-14H2,1-4H3,(H,24,27). The maximum atomic E-state index is 12.9. The lowest BCUT2D eigenvalue weighted by Crippen LogP contribution is -2.27. The summed E-state index contributed by atoms with van der Waals surface area (Å²) >= 11 is 0. The van der Waals surface area contributed by atoms with Gasteiger partial charge < -0.3 is 14.8 Å². The molecule has 0 unspecified atom stereocenters. The van der Waals surface area contributed by atoms with E-state index in [-0.39, 0.29) is 5.91 Å². The van der Waals surface area contributed by atoms with E-state index < -0.39 is 0 Å². The minimum absolute atomic E-state index is 0.145. The van der Waals surface area contributed by atoms with Crippen molar-refractivity contribution in [3.05, 3.63) is 60.3 Å². The van der Waals surface area contributed by atoms with Crippen LogP contribution < -0.4 is 14.8 Å². The van der Waals surface area contributed by atoms with Crippen LogP contribution >= 0.6 is 0 Å². The zero-order chi connectivity index (χ0) is 20.8. The molecule has 0 aliphatic rings. The first-order valence-electron chi connectivity index (χ1n) is 9.69. The van der Waals surface area contributed by atoms with E-state index in [2.05, 4.69) is 19.2 Å². The number of rotatable bonds is 8. The average Bonchev–Trinajstić information content (AvgIpc) is 3.19. The largest absolute Gasteiger partial charge is 0.497 e. The van der Waals surface area contributed by atoms with Crippen molar-refractivity contribution in [3.63, 3.8) is 0 Å². The minimum atomic E-state index is -0.145. The van der Waals surface area contributed by atoms with Crippen molar-refractivity contribution in [1.29, 1.82) is 0 Å². The Bertz CT molecular complexity index is 945. The molecule has 0 bridgehead atoms. The summed E-state index contributed by atoms with van der Waals surface area (Å²) in [5.41, 5.74) is 2.91. The van der Waals surface area contributed by atoms with Crippen LogP contribution in [-0.4, -0.2) is 36.5 Å². The third-order valence-electron chi connectivity index (χ3n) is 4.65. The Morgan fingerprint density at radius 2 is 1.59 bits per heavy atom. The molecule has 2 aromatic carbocycles. The number of amides is 1. The van der Waals surface area contributed by atoms with Crippen molar-refractivity contribution in [2.45, 2.75) is 20.3 Å². The Morgan fingerprint density at radius 1 is 1.00 bits per heavy atom. The number of carbonyl (C=O) groups excluding carboxylic acids is 1. The van der Waals surface area contributed by atoms with Crippen LogP contribution in [0.25, 0.3) is 16.9 Å². The Morgan fingerprint density at radius 3 is 2.14 bits per heavy atom. The normalized spacial score (nSPS) is 10.8. The summed E-state index contributed by atoms with van der Waals surface area (Å²) in [4.78, 5) is 12.9. The molecule has 1 N–H and O–H groups in total. The maximum Gasteiger partial charge on any atom is 0.270 e. The highest BCUT2D eigenvalue weighted by molar-refractivity contribution is 5.94. The lowest BCUT2D eigenvalue weighted by molar-refractivity contribution is 0.0944. The summed E-state index contributed by atoms with van der Waals surface area (Å²) in [6.07, 6.45) is 0.924. The van der Waals surface area contributed by atoms with Crippen LogP contribution in [-0.2, 0) is 0 Å². The zero-order valence-corrected chi connectivity index (χ0v) is 17.3. The van der Waals surface area contributed by atoms with Gasteiger partial charge in [-0.1, -0.05) is 13.8 Å². The van der Waals surface area contributed by atoms with Gasteiger partial charge in [0.1, 0.15) is 17.2 Å². The zero-order valence-electron chi connectivity index (χ0n) is 17.3. The quantitative estimate of drug-likeness (QED) is 0.619. The molecule has 0 spiro atoms. The average molecular weight is 393 g/mol. The summed E-state index contributed by atoms with van der Waals surface area (Å²) in [6, 6.07) is 16.9. The topological polar surface area (TPSA) is 65.4 Å². The predicted molar refractivity (Wildman–Crippen MR) is 114 cm³/mol. The van der Waals surface area contributed by atoms with Gasteiger partial charge in [0.2, 0.25) is 0 Å². The predicted octanol–water partition coefficient (Wildman–Crippen LogP) is 4.33. The van der Waals surface area contributed by atoms with Crippen molar-refractivity contribution >= 4 is 5.91 Å². The molecule has 0 saturated carbocycles. The molecule has 3 aromatic rings. The Labute approximate surface area is 171 Å². The first-order valence-corrected chi connectivity index (χ1v) is 9.69. The molecular formula is C23H27N3O3. The number of carbonyl (C=O) groups is 1. The fourth-order valence-corrected chi connectivity index (χ4v) is 2.93. The molecule has 0 atom stereocenters. The molecule has 6 heteroatoms. The minimum Gasteiger partial charge on any atom is -0.497 e. The van der Waals surface area contributed by atoms with Gasteiger partial charge >= 0.3 is 0 Å². The summed E-state index contributed by atoms with van der Waals surface area (Å²) in [6.45, 7) is 4.90. The molecule has 29 heavy (non-hydrogen) atoms. The second-order valence-corrected chi connectivity index (χ2v) is 7.19. The molecule has 0 aliphatic carbocycles. The van der Waals surface area contributed by atoms with E-state index in [1.54, 1.807) is 18.9 Å². The lowest BCUT2D eigenvalue weighted by atomic mass is 10.1. The van der Waals surface area contributed by atoms with E-state index in [1.807, 2.05) is 54.6 Å². The number of nitrogens with zero attached hydrogens (tertiary/aromatic N) is 2. The van der Waals surface area contributed by atoms with Gasteiger partial charge in [0, 0.05) is 12.1 Å². The highest BCUT2D eigenvalue weighted by Gasteiger charge is 2.18. The molecule has 0 radical (unpaired) electrons. The number of ether oxygens (including phenoxy) is 2. The summed E-state index contributed by atoms with van der Waals surface area (Å²) < 4.78 is 12.1. The van der Waals surface area contributed by atoms with E-state index >= 15 is 0 Å². The van der Waals surface area contributed by atoms with Crippen LogP contribution in [0, 0.1) is 5.92 Å². The van der Waals surface area contributed by atoms with Crippen LogP contribution in [0.1, 0.15) is 30.8 Å². The molecule has 0 saturated heterocycles. The van der Waals surface area contributed by atoms with Gasteiger partial charge in [-0.3, -0.25) is 4.79 Å². The molecular weight excluding hydrogens is 366 g/mol. The number of methoxy groups -OCH3 is 2. The Balaban J connectivity index is 1.96. The van der Waals surface area contributed by atoms with Crippen LogP contribution in [0.5, 0.6) is 11.5 Å². The molecule has 6 nitrogen and oxygen atoms in total. The first-order chi connectivity index (χ1) is 14.0. The molecule has 3 rings (SSSR count). The molecule has 1 heterocycles. The maximum absolute atomic E-state index is 12.9. The van der Waals surface area contributed by atoms with Gasteiger partial charge in [-0.15, -0.1) is 0 Å². The molecule has 1 amide bonds. The lowest BCUT2D eigenvalue weighted by Gasteiger charge is -2.10. The van der Waals surface area contributed by atoms with Crippen LogP contribution in [0.3, 0.4) is 0 Å². The summed E-state index contributed by atoms with van der Waals surface area (Å²) in [7, 11) is 3.26. The van der Waals surface area contributed by atoms with E-state index in [0.29, 0.717) is 18.2 Å². The third kappa shape index (κ3) is 4.96. The van der Waals surface area contributed by atoms with Gasteiger partial charge in [-0.05, 0) is 66.9 Å². The van der Waals surface area contributed by atoms with Crippen molar-refractivity contribution in [2.24, 2.45) is 5.92 Å². The van der Waals surface area contributed by atoms with Crippen LogP contribution in [0.15, 0.2) is 54.6 Å². The molecule has 152 valence electrons. The van der Waals surface area contributed by atoms with Gasteiger partial charge in [0.05, 0.1) is 25.6 Å². The smallest absolute Gasteiger partial charge is 0.270 e.